The van der Waals surface area contributed by atoms with Crippen LogP contribution in [0.1, 0.15) is 61.9 Å². The molecule has 4 atom stereocenters. The van der Waals surface area contributed by atoms with E-state index in [-0.39, 0.29) is 49.6 Å². The summed E-state index contributed by atoms with van der Waals surface area (Å²) >= 11 is 0. The minimum absolute atomic E-state index is 0.00680. The third kappa shape index (κ3) is 5.06. The van der Waals surface area contributed by atoms with Gasteiger partial charge in [0, 0.05) is 38.0 Å². The van der Waals surface area contributed by atoms with Crippen LogP contribution < -0.4 is 5.32 Å². The Kier molecular flexibility index (Phi) is 7.17. The SMILES string of the molecule is CC(C)(C)OC(=O)N[C@H]1C[C@H]2c3cc(CO)c(CO)cc3CCN2C[C@@H]1N1C[C@@H](CF)CC1=O. The zero-order chi connectivity index (χ0) is 24.6. The Morgan fingerprint density at radius 2 is 1.91 bits per heavy atom. The quantitative estimate of drug-likeness (QED) is 0.600. The van der Waals surface area contributed by atoms with Crippen molar-refractivity contribution >= 4 is 12.0 Å². The van der Waals surface area contributed by atoms with E-state index in [0.29, 0.717) is 25.1 Å². The summed E-state index contributed by atoms with van der Waals surface area (Å²) in [5.41, 5.74) is 2.98. The zero-order valence-electron chi connectivity index (χ0n) is 20.2. The number of carbonyl (C=O) groups excluding carboxylic acids is 2. The Hall–Kier alpha value is -2.23. The molecule has 0 saturated carbocycles. The van der Waals surface area contributed by atoms with E-state index >= 15 is 0 Å². The Labute approximate surface area is 200 Å². The fourth-order valence-corrected chi connectivity index (χ4v) is 5.62. The lowest BCUT2D eigenvalue weighted by atomic mass is 9.81. The highest BCUT2D eigenvalue weighted by Gasteiger charge is 2.46. The first-order valence-electron chi connectivity index (χ1n) is 12.1. The average molecular weight is 478 g/mol. The number of alkyl carbamates (subject to hydrolysis) is 1. The van der Waals surface area contributed by atoms with Gasteiger partial charge in [-0.1, -0.05) is 12.1 Å². The molecule has 0 radical (unpaired) electrons. The molecule has 3 heterocycles. The van der Waals surface area contributed by atoms with Crippen molar-refractivity contribution in [2.24, 2.45) is 5.92 Å². The van der Waals surface area contributed by atoms with Gasteiger partial charge < -0.3 is 25.2 Å². The molecule has 2 amide bonds. The van der Waals surface area contributed by atoms with Crippen LogP contribution in [0.5, 0.6) is 0 Å². The van der Waals surface area contributed by atoms with Crippen molar-refractivity contribution in [3.8, 4) is 0 Å². The molecule has 3 aliphatic rings. The maximum atomic E-state index is 13.4. The molecule has 0 aromatic heterocycles. The molecule has 0 unspecified atom stereocenters. The average Bonchev–Trinajstić information content (AvgIpc) is 3.16. The number of halogens is 1. The third-order valence-corrected chi connectivity index (χ3v) is 7.19. The molecule has 0 bridgehead atoms. The van der Waals surface area contributed by atoms with Crippen LogP contribution in [0.25, 0.3) is 0 Å². The second-order valence-electron chi connectivity index (χ2n) is 10.7. The van der Waals surface area contributed by atoms with Crippen LogP contribution in [0.2, 0.25) is 0 Å². The molecule has 3 aliphatic heterocycles. The van der Waals surface area contributed by atoms with Crippen molar-refractivity contribution in [3.63, 3.8) is 0 Å². The number of nitrogens with one attached hydrogen (secondary N) is 1. The molecular formula is C25H36FN3O5. The molecule has 1 aromatic carbocycles. The van der Waals surface area contributed by atoms with Crippen molar-refractivity contribution in [2.75, 3.05) is 26.3 Å². The topological polar surface area (TPSA) is 102 Å². The number of piperidine rings is 1. The van der Waals surface area contributed by atoms with Crippen LogP contribution >= 0.6 is 0 Å². The summed E-state index contributed by atoms with van der Waals surface area (Å²) in [7, 11) is 0. The van der Waals surface area contributed by atoms with Gasteiger partial charge in [0.15, 0.2) is 0 Å². The molecule has 1 aromatic rings. The summed E-state index contributed by atoms with van der Waals surface area (Å²) in [6, 6.07) is 3.29. The predicted octanol–water partition coefficient (Wildman–Crippen LogP) is 2.05. The standard InChI is InChI=1S/C25H36FN3O5/c1-25(2,3)34-24(33)27-20-9-21-19-8-18(14-31)17(13-30)7-16(19)4-5-28(21)12-22(20)29-11-15(10-26)6-23(29)32/h7-8,15,20-22,30-31H,4-6,9-14H2,1-3H3,(H,27,33)/t15-,20+,21+,22+/m1/s1. The highest BCUT2D eigenvalue weighted by Crippen LogP contribution is 2.40. The van der Waals surface area contributed by atoms with Gasteiger partial charge in [0.05, 0.1) is 32.0 Å². The van der Waals surface area contributed by atoms with Crippen LogP contribution in [-0.2, 0) is 29.2 Å². The summed E-state index contributed by atoms with van der Waals surface area (Å²) in [6.07, 6.45) is 1.02. The number of aliphatic hydroxyl groups is 2. The van der Waals surface area contributed by atoms with Gasteiger partial charge in [-0.3, -0.25) is 14.1 Å². The van der Waals surface area contributed by atoms with Gasteiger partial charge in [0.1, 0.15) is 5.60 Å². The second-order valence-corrected chi connectivity index (χ2v) is 10.7. The van der Waals surface area contributed by atoms with Gasteiger partial charge in [-0.25, -0.2) is 4.79 Å². The fourth-order valence-electron chi connectivity index (χ4n) is 5.62. The summed E-state index contributed by atoms with van der Waals surface area (Å²) < 4.78 is 18.9. The summed E-state index contributed by atoms with van der Waals surface area (Å²) in [4.78, 5) is 29.5. The number of hydrogen-bond acceptors (Lipinski definition) is 6. The lowest BCUT2D eigenvalue weighted by Gasteiger charge is -2.49. The highest BCUT2D eigenvalue weighted by molar-refractivity contribution is 5.79. The number of carbonyl (C=O) groups is 2. The Bertz CT molecular complexity index is 934. The molecule has 34 heavy (non-hydrogen) atoms. The van der Waals surface area contributed by atoms with E-state index in [1.807, 2.05) is 12.1 Å². The first-order chi connectivity index (χ1) is 16.1. The molecule has 0 aliphatic carbocycles. The second kappa shape index (κ2) is 9.79. The van der Waals surface area contributed by atoms with Crippen LogP contribution in [0.15, 0.2) is 12.1 Å². The first-order valence-corrected chi connectivity index (χ1v) is 12.1. The smallest absolute Gasteiger partial charge is 0.407 e. The number of fused-ring (bicyclic) bond motifs is 3. The van der Waals surface area contributed by atoms with E-state index in [4.69, 9.17) is 4.74 Å². The number of alkyl halides is 1. The number of amides is 2. The van der Waals surface area contributed by atoms with E-state index in [9.17, 15) is 24.2 Å². The Morgan fingerprint density at radius 1 is 1.21 bits per heavy atom. The van der Waals surface area contributed by atoms with Gasteiger partial charge in [-0.15, -0.1) is 0 Å². The molecule has 8 nitrogen and oxygen atoms in total. The van der Waals surface area contributed by atoms with Gasteiger partial charge in [0.2, 0.25) is 5.91 Å². The molecule has 3 N–H and O–H groups in total. The van der Waals surface area contributed by atoms with Crippen LogP contribution in [-0.4, -0.2) is 76.0 Å². The number of rotatable bonds is 5. The van der Waals surface area contributed by atoms with E-state index in [1.54, 1.807) is 25.7 Å². The zero-order valence-corrected chi connectivity index (χ0v) is 20.2. The molecule has 2 fully saturated rings. The van der Waals surface area contributed by atoms with Gasteiger partial charge >= 0.3 is 6.09 Å². The van der Waals surface area contributed by atoms with Crippen LogP contribution in [0.4, 0.5) is 9.18 Å². The van der Waals surface area contributed by atoms with Crippen LogP contribution in [0, 0.1) is 5.92 Å². The number of ether oxygens (including phenoxy) is 1. The molecule has 188 valence electrons. The first kappa shape index (κ1) is 24.9. The number of aliphatic hydroxyl groups excluding tert-OH is 2. The number of benzene rings is 1. The van der Waals surface area contributed by atoms with Crippen LogP contribution in [0.3, 0.4) is 0 Å². The Morgan fingerprint density at radius 3 is 2.53 bits per heavy atom. The van der Waals surface area contributed by atoms with Crippen molar-refractivity contribution in [1.82, 2.24) is 15.1 Å². The third-order valence-electron chi connectivity index (χ3n) is 7.19. The molecule has 4 rings (SSSR count). The predicted molar refractivity (Wildman–Crippen MR) is 124 cm³/mol. The van der Waals surface area contributed by atoms with Crippen molar-refractivity contribution in [3.05, 3.63) is 34.4 Å². The summed E-state index contributed by atoms with van der Waals surface area (Å²) in [5.74, 6) is -0.381. The molecular weight excluding hydrogens is 441 g/mol. The van der Waals surface area contributed by atoms with E-state index in [0.717, 1.165) is 29.7 Å². The lowest BCUT2D eigenvalue weighted by Crippen LogP contribution is -2.62. The monoisotopic (exact) mass is 477 g/mol. The molecule has 2 saturated heterocycles. The summed E-state index contributed by atoms with van der Waals surface area (Å²) in [5, 5.41) is 22.5. The number of likely N-dealkylation sites (tertiary alicyclic amines) is 1. The molecule has 9 heteroatoms. The van der Waals surface area contributed by atoms with Gasteiger partial charge in [0.25, 0.3) is 0 Å². The largest absolute Gasteiger partial charge is 0.444 e. The fraction of sp³-hybridized carbons (Fsp3) is 0.680. The summed E-state index contributed by atoms with van der Waals surface area (Å²) in [6.45, 7) is 6.28. The van der Waals surface area contributed by atoms with Crippen molar-refractivity contribution < 1.29 is 28.9 Å². The maximum Gasteiger partial charge on any atom is 0.407 e. The molecule has 0 spiro atoms. The van der Waals surface area contributed by atoms with Crippen molar-refractivity contribution in [2.45, 2.75) is 77.0 Å². The van der Waals surface area contributed by atoms with Gasteiger partial charge in [-0.2, -0.15) is 0 Å². The maximum absolute atomic E-state index is 13.4. The minimum Gasteiger partial charge on any atom is -0.444 e. The Balaban J connectivity index is 1.63. The number of hydrogen-bond donors (Lipinski definition) is 3. The highest BCUT2D eigenvalue weighted by atomic mass is 19.1. The number of nitrogens with zero attached hydrogens (tertiary/aromatic N) is 2. The lowest BCUT2D eigenvalue weighted by molar-refractivity contribution is -0.132. The van der Waals surface area contributed by atoms with E-state index in [1.165, 1.54) is 0 Å². The van der Waals surface area contributed by atoms with E-state index in [2.05, 4.69) is 10.2 Å². The normalized spacial score (nSPS) is 27.4. The van der Waals surface area contributed by atoms with E-state index < -0.39 is 18.4 Å². The van der Waals surface area contributed by atoms with Crippen molar-refractivity contribution in [1.29, 1.82) is 0 Å². The van der Waals surface area contributed by atoms with Gasteiger partial charge in [-0.05, 0) is 55.9 Å². The minimum atomic E-state index is -0.656.